The Kier molecular flexibility index (Phi) is 8.56. The molecule has 0 aliphatic heterocycles. The van der Waals surface area contributed by atoms with Crippen LogP contribution in [0.1, 0.15) is 6.92 Å². The Hall–Kier alpha value is -0.690. The van der Waals surface area contributed by atoms with E-state index in [1.807, 2.05) is 0 Å². The van der Waals surface area contributed by atoms with Gasteiger partial charge in [0.15, 0.2) is 0 Å². The SMILES string of the molecule is CC(OS(=O)(=O)C(F)F)C(COS(=O)(=O)C(F)F)OS(=O)(=O)C(F)F. The summed E-state index contributed by atoms with van der Waals surface area (Å²) in [6.07, 6.45) is -4.93. The molecule has 2 unspecified atom stereocenters. The number of alkyl halides is 6. The van der Waals surface area contributed by atoms with Gasteiger partial charge in [-0.3, -0.25) is 12.5 Å². The lowest BCUT2D eigenvalue weighted by Crippen LogP contribution is -2.39. The summed E-state index contributed by atoms with van der Waals surface area (Å²) in [6.45, 7) is -1.25. The van der Waals surface area contributed by atoms with Gasteiger partial charge in [0, 0.05) is 0 Å². The van der Waals surface area contributed by atoms with Gasteiger partial charge < -0.3 is 0 Å². The molecule has 0 N–H and O–H groups in total. The van der Waals surface area contributed by atoms with E-state index in [1.165, 1.54) is 0 Å². The highest BCUT2D eigenvalue weighted by Crippen LogP contribution is 2.19. The molecule has 0 aromatic rings. The number of rotatable bonds is 11. The summed E-state index contributed by atoms with van der Waals surface area (Å²) in [5, 5.41) is 0. The molecule has 152 valence electrons. The van der Waals surface area contributed by atoms with Gasteiger partial charge in [-0.25, -0.2) is 0 Å². The van der Waals surface area contributed by atoms with E-state index in [0.29, 0.717) is 6.92 Å². The van der Waals surface area contributed by atoms with Crippen molar-refractivity contribution < 1.29 is 64.1 Å². The summed E-state index contributed by atoms with van der Waals surface area (Å²) in [4.78, 5) is 0. The largest absolute Gasteiger partial charge is 0.361 e. The van der Waals surface area contributed by atoms with Crippen LogP contribution in [-0.2, 0) is 42.9 Å². The van der Waals surface area contributed by atoms with Crippen LogP contribution >= 0.6 is 0 Å². The second-order valence-electron chi connectivity index (χ2n) is 3.98. The summed E-state index contributed by atoms with van der Waals surface area (Å²) in [5.74, 6) is -12.5. The Labute approximate surface area is 138 Å². The smallest absolute Gasteiger partial charge is 0.263 e. The summed E-state index contributed by atoms with van der Waals surface area (Å²) < 4.78 is 149. The van der Waals surface area contributed by atoms with E-state index in [2.05, 4.69) is 12.5 Å². The monoisotopic (exact) mass is 448 g/mol. The predicted molar refractivity (Wildman–Crippen MR) is 66.1 cm³/mol. The minimum atomic E-state index is -5.76. The van der Waals surface area contributed by atoms with Gasteiger partial charge in [0.2, 0.25) is 0 Å². The Morgan fingerprint density at radius 1 is 0.680 bits per heavy atom. The van der Waals surface area contributed by atoms with Crippen molar-refractivity contribution in [1.29, 1.82) is 0 Å². The number of hydrogen-bond donors (Lipinski definition) is 0. The zero-order chi connectivity index (χ0) is 20.2. The van der Waals surface area contributed by atoms with Crippen molar-refractivity contribution in [2.45, 2.75) is 36.4 Å². The van der Waals surface area contributed by atoms with E-state index in [1.54, 1.807) is 0 Å². The van der Waals surface area contributed by atoms with Crippen molar-refractivity contribution in [2.75, 3.05) is 6.61 Å². The molecule has 0 spiro atoms. The van der Waals surface area contributed by atoms with E-state index < -0.39 is 66.4 Å². The maximum atomic E-state index is 12.2. The molecular weight excluding hydrogens is 438 g/mol. The van der Waals surface area contributed by atoms with Gasteiger partial charge in [0.05, 0.1) is 6.61 Å². The fourth-order valence-corrected chi connectivity index (χ4v) is 2.68. The van der Waals surface area contributed by atoms with Crippen molar-refractivity contribution in [3.05, 3.63) is 0 Å². The van der Waals surface area contributed by atoms with Crippen molar-refractivity contribution >= 4 is 30.4 Å². The van der Waals surface area contributed by atoms with Crippen LogP contribution in [0, 0.1) is 0 Å². The summed E-state index contributed by atoms with van der Waals surface area (Å²) in [5.41, 5.74) is 0. The van der Waals surface area contributed by atoms with Gasteiger partial charge in [-0.2, -0.15) is 51.6 Å². The van der Waals surface area contributed by atoms with Gasteiger partial charge in [-0.05, 0) is 6.92 Å². The molecule has 0 amide bonds. The normalized spacial score (nSPS) is 16.6. The molecule has 0 aromatic heterocycles. The van der Waals surface area contributed by atoms with Crippen molar-refractivity contribution in [3.8, 4) is 0 Å². The van der Waals surface area contributed by atoms with E-state index in [9.17, 15) is 51.6 Å². The minimum absolute atomic E-state index is 0.504. The van der Waals surface area contributed by atoms with Gasteiger partial charge in [0.25, 0.3) is 0 Å². The number of halogens is 6. The fraction of sp³-hybridized carbons (Fsp3) is 1.00. The Balaban J connectivity index is 5.47. The minimum Gasteiger partial charge on any atom is -0.263 e. The van der Waals surface area contributed by atoms with E-state index in [-0.39, 0.29) is 0 Å². The average molecular weight is 448 g/mol. The van der Waals surface area contributed by atoms with Crippen molar-refractivity contribution in [2.24, 2.45) is 0 Å². The van der Waals surface area contributed by atoms with E-state index in [0.717, 1.165) is 0 Å². The van der Waals surface area contributed by atoms with Crippen LogP contribution in [0.25, 0.3) is 0 Å². The first-order chi connectivity index (χ1) is 11.0. The Morgan fingerprint density at radius 3 is 1.40 bits per heavy atom. The van der Waals surface area contributed by atoms with Gasteiger partial charge in [-0.1, -0.05) is 0 Å². The molecule has 2 atom stereocenters. The molecule has 0 fully saturated rings. The second-order valence-corrected chi connectivity index (χ2v) is 8.63. The lowest BCUT2D eigenvalue weighted by molar-refractivity contribution is 0.0272. The van der Waals surface area contributed by atoms with E-state index >= 15 is 0 Å². The molecule has 9 nitrogen and oxygen atoms in total. The average Bonchev–Trinajstić information content (AvgIpc) is 2.42. The first-order valence-corrected chi connectivity index (χ1v) is 10.0. The van der Waals surface area contributed by atoms with Crippen LogP contribution in [0.5, 0.6) is 0 Å². The lowest BCUT2D eigenvalue weighted by atomic mass is 10.2. The summed E-state index contributed by atoms with van der Waals surface area (Å²) in [6, 6.07) is 0. The predicted octanol–water partition coefficient (Wildman–Crippen LogP) is 0.451. The lowest BCUT2D eigenvalue weighted by Gasteiger charge is -2.22. The van der Waals surface area contributed by atoms with Crippen LogP contribution in [0.3, 0.4) is 0 Å². The van der Waals surface area contributed by atoms with Crippen LogP contribution in [-0.4, -0.2) is 61.3 Å². The second kappa shape index (κ2) is 8.80. The molecule has 18 heteroatoms. The van der Waals surface area contributed by atoms with Crippen LogP contribution in [0.2, 0.25) is 0 Å². The Bertz CT molecular complexity index is 732. The molecule has 0 saturated heterocycles. The van der Waals surface area contributed by atoms with Crippen LogP contribution in [0.4, 0.5) is 26.3 Å². The third-order valence-electron chi connectivity index (χ3n) is 2.12. The van der Waals surface area contributed by atoms with Crippen molar-refractivity contribution in [3.63, 3.8) is 0 Å². The van der Waals surface area contributed by atoms with E-state index in [4.69, 9.17) is 0 Å². The zero-order valence-electron chi connectivity index (χ0n) is 11.8. The van der Waals surface area contributed by atoms with Crippen LogP contribution in [0.15, 0.2) is 0 Å². The van der Waals surface area contributed by atoms with Gasteiger partial charge in [-0.15, -0.1) is 0 Å². The molecule has 0 rings (SSSR count). The third-order valence-corrected chi connectivity index (χ3v) is 4.98. The molecule has 0 aromatic carbocycles. The highest BCUT2D eigenvalue weighted by Gasteiger charge is 2.38. The summed E-state index contributed by atoms with van der Waals surface area (Å²) in [7, 11) is -17.0. The van der Waals surface area contributed by atoms with Crippen LogP contribution < -0.4 is 0 Å². The highest BCUT2D eigenvalue weighted by molar-refractivity contribution is 7.87. The molecule has 25 heavy (non-hydrogen) atoms. The standard InChI is InChI=1S/C7H10F6O9S3/c1-3(21-24(16,17)6(10)11)4(22-25(18,19)7(12)13)2-20-23(14,15)5(8)9/h3-7H,2H2,1H3. The zero-order valence-corrected chi connectivity index (χ0v) is 14.2. The number of hydrogen-bond acceptors (Lipinski definition) is 9. The maximum absolute atomic E-state index is 12.2. The first kappa shape index (κ1) is 24.3. The maximum Gasteiger partial charge on any atom is 0.361 e. The molecule has 0 aliphatic rings. The van der Waals surface area contributed by atoms with Gasteiger partial charge >= 0.3 is 47.6 Å². The first-order valence-electron chi connectivity index (χ1n) is 5.60. The molecule has 0 bridgehead atoms. The topological polar surface area (TPSA) is 130 Å². The third kappa shape index (κ3) is 7.60. The molecule has 0 radical (unpaired) electrons. The molecule has 0 aliphatic carbocycles. The van der Waals surface area contributed by atoms with Gasteiger partial charge in [0.1, 0.15) is 12.2 Å². The molecule has 0 saturated carbocycles. The summed E-state index contributed by atoms with van der Waals surface area (Å²) >= 11 is 0. The fourth-order valence-electron chi connectivity index (χ4n) is 0.985. The quantitative estimate of drug-likeness (QED) is 0.327. The molecule has 0 heterocycles. The van der Waals surface area contributed by atoms with Crippen molar-refractivity contribution in [1.82, 2.24) is 0 Å². The Morgan fingerprint density at radius 2 is 1.04 bits per heavy atom. The highest BCUT2D eigenvalue weighted by atomic mass is 32.2. The molecular formula is C7H10F6O9S3.